The van der Waals surface area contributed by atoms with Gasteiger partial charge in [0.25, 0.3) is 0 Å². The summed E-state index contributed by atoms with van der Waals surface area (Å²) in [6, 6.07) is 0. The third-order valence-electron chi connectivity index (χ3n) is 3.02. The van der Waals surface area contributed by atoms with Crippen LogP contribution in [0.15, 0.2) is 0 Å². The highest BCUT2D eigenvalue weighted by molar-refractivity contribution is 5.90. The lowest BCUT2D eigenvalue weighted by Crippen LogP contribution is -2.49. The summed E-state index contributed by atoms with van der Waals surface area (Å²) in [4.78, 5) is 11.8. The summed E-state index contributed by atoms with van der Waals surface area (Å²) in [6.45, 7) is 5.89. The zero-order chi connectivity index (χ0) is 9.35. The van der Waals surface area contributed by atoms with Crippen molar-refractivity contribution in [2.45, 2.75) is 45.6 Å². The summed E-state index contributed by atoms with van der Waals surface area (Å²) in [7, 11) is 0. The molecule has 2 heteroatoms. The summed E-state index contributed by atoms with van der Waals surface area (Å²) < 4.78 is 0. The van der Waals surface area contributed by atoms with E-state index in [1.54, 1.807) is 0 Å². The van der Waals surface area contributed by atoms with Crippen molar-refractivity contribution >= 4 is 5.78 Å². The molecule has 0 radical (unpaired) electrons. The first kappa shape index (κ1) is 9.72. The lowest BCUT2D eigenvalue weighted by Gasteiger charge is -2.25. The number of carbonyl (C=O) groups is 1. The number of carbonyl (C=O) groups excluding carboxylic acids is 1. The van der Waals surface area contributed by atoms with Crippen molar-refractivity contribution in [3.05, 3.63) is 0 Å². The number of nitrogens with two attached hydrogens (primary N) is 1. The van der Waals surface area contributed by atoms with E-state index in [1.807, 2.05) is 20.8 Å². The molecular formula is C10H19NO. The summed E-state index contributed by atoms with van der Waals surface area (Å²) in [5, 5.41) is 0. The molecule has 0 amide bonds. The van der Waals surface area contributed by atoms with Crippen molar-refractivity contribution in [3.63, 3.8) is 0 Å². The Morgan fingerprint density at radius 1 is 1.67 bits per heavy atom. The van der Waals surface area contributed by atoms with Crippen LogP contribution < -0.4 is 5.73 Å². The Morgan fingerprint density at radius 3 is 2.50 bits per heavy atom. The highest BCUT2D eigenvalue weighted by Gasteiger charge is 2.44. The Kier molecular flexibility index (Phi) is 2.57. The van der Waals surface area contributed by atoms with Crippen molar-refractivity contribution < 1.29 is 4.79 Å². The molecule has 0 saturated heterocycles. The van der Waals surface area contributed by atoms with Crippen LogP contribution in [-0.2, 0) is 4.79 Å². The topological polar surface area (TPSA) is 43.1 Å². The molecule has 0 heterocycles. The fourth-order valence-electron chi connectivity index (χ4n) is 1.60. The Balaban J connectivity index is 2.60. The van der Waals surface area contributed by atoms with Crippen molar-refractivity contribution in [1.29, 1.82) is 0 Å². The molecule has 0 aromatic carbocycles. The molecule has 1 rings (SSSR count). The number of rotatable bonds is 4. The monoisotopic (exact) mass is 169 g/mol. The first-order chi connectivity index (χ1) is 5.50. The van der Waals surface area contributed by atoms with Crippen molar-refractivity contribution in [3.8, 4) is 0 Å². The van der Waals surface area contributed by atoms with Crippen LogP contribution in [-0.4, -0.2) is 11.3 Å². The zero-order valence-corrected chi connectivity index (χ0v) is 8.26. The van der Waals surface area contributed by atoms with Gasteiger partial charge in [-0.1, -0.05) is 13.8 Å². The second-order valence-electron chi connectivity index (χ2n) is 4.23. The Labute approximate surface area is 74.5 Å². The summed E-state index contributed by atoms with van der Waals surface area (Å²) >= 11 is 0. The van der Waals surface area contributed by atoms with Crippen molar-refractivity contribution in [2.24, 2.45) is 17.6 Å². The fourth-order valence-corrected chi connectivity index (χ4v) is 1.60. The zero-order valence-electron chi connectivity index (χ0n) is 8.26. The van der Waals surface area contributed by atoms with Crippen LogP contribution in [0.3, 0.4) is 0 Å². The summed E-state index contributed by atoms with van der Waals surface area (Å²) in [5.41, 5.74) is 5.45. The minimum atomic E-state index is -0.546. The maximum Gasteiger partial charge on any atom is 0.155 e. The van der Waals surface area contributed by atoms with Gasteiger partial charge in [0.1, 0.15) is 0 Å². The highest BCUT2D eigenvalue weighted by atomic mass is 16.1. The molecule has 1 fully saturated rings. The van der Waals surface area contributed by atoms with E-state index in [-0.39, 0.29) is 11.7 Å². The van der Waals surface area contributed by atoms with Gasteiger partial charge in [0.05, 0.1) is 5.54 Å². The fraction of sp³-hybridized carbons (Fsp3) is 0.900. The molecule has 2 unspecified atom stereocenters. The standard InChI is InChI=1S/C10H19NO/c1-4-7(2)9(12)10(3,11)8-5-6-8/h7-8H,4-6,11H2,1-3H3. The van der Waals surface area contributed by atoms with Gasteiger partial charge in [0, 0.05) is 5.92 Å². The largest absolute Gasteiger partial charge is 0.319 e. The molecule has 0 aromatic rings. The van der Waals surface area contributed by atoms with Gasteiger partial charge >= 0.3 is 0 Å². The second kappa shape index (κ2) is 3.17. The van der Waals surface area contributed by atoms with Crippen molar-refractivity contribution in [2.75, 3.05) is 0 Å². The van der Waals surface area contributed by atoms with E-state index < -0.39 is 5.54 Å². The van der Waals surface area contributed by atoms with Gasteiger partial charge in [-0.2, -0.15) is 0 Å². The quantitative estimate of drug-likeness (QED) is 0.696. The first-order valence-corrected chi connectivity index (χ1v) is 4.83. The maximum absolute atomic E-state index is 11.8. The molecule has 0 aromatic heterocycles. The molecule has 1 aliphatic rings. The van der Waals surface area contributed by atoms with E-state index in [0.29, 0.717) is 5.92 Å². The molecule has 0 aliphatic heterocycles. The van der Waals surface area contributed by atoms with Gasteiger partial charge in [-0.05, 0) is 32.1 Å². The van der Waals surface area contributed by atoms with Crippen LogP contribution in [0.5, 0.6) is 0 Å². The van der Waals surface area contributed by atoms with Crippen LogP contribution in [0.25, 0.3) is 0 Å². The maximum atomic E-state index is 11.8. The van der Waals surface area contributed by atoms with Gasteiger partial charge in [0.2, 0.25) is 0 Å². The lowest BCUT2D eigenvalue weighted by atomic mass is 9.84. The molecule has 0 spiro atoms. The van der Waals surface area contributed by atoms with Crippen LogP contribution in [0, 0.1) is 11.8 Å². The average molecular weight is 169 g/mol. The van der Waals surface area contributed by atoms with Crippen molar-refractivity contribution in [1.82, 2.24) is 0 Å². The van der Waals surface area contributed by atoms with Gasteiger partial charge in [-0.15, -0.1) is 0 Å². The Morgan fingerprint density at radius 2 is 2.17 bits per heavy atom. The van der Waals surface area contributed by atoms with E-state index in [4.69, 9.17) is 5.73 Å². The Bertz CT molecular complexity index is 182. The molecule has 2 nitrogen and oxygen atoms in total. The van der Waals surface area contributed by atoms with E-state index in [0.717, 1.165) is 19.3 Å². The molecule has 1 saturated carbocycles. The molecule has 70 valence electrons. The first-order valence-electron chi connectivity index (χ1n) is 4.83. The normalized spacial score (nSPS) is 24.7. The van der Waals surface area contributed by atoms with Crippen LogP contribution in [0.4, 0.5) is 0 Å². The molecule has 1 aliphatic carbocycles. The minimum absolute atomic E-state index is 0.126. The smallest absolute Gasteiger partial charge is 0.155 e. The number of ketones is 1. The number of hydrogen-bond donors (Lipinski definition) is 1. The predicted octanol–water partition coefficient (Wildman–Crippen LogP) is 1.73. The van der Waals surface area contributed by atoms with Crippen LogP contribution in [0.1, 0.15) is 40.0 Å². The summed E-state index contributed by atoms with van der Waals surface area (Å²) in [5.74, 6) is 0.826. The van der Waals surface area contributed by atoms with E-state index in [2.05, 4.69) is 0 Å². The van der Waals surface area contributed by atoms with Gasteiger partial charge in [0.15, 0.2) is 5.78 Å². The number of Topliss-reactive ketones (excluding diaryl/α,β-unsaturated/α-hetero) is 1. The minimum Gasteiger partial charge on any atom is -0.319 e. The lowest BCUT2D eigenvalue weighted by molar-refractivity contribution is -0.127. The Hall–Kier alpha value is -0.370. The van der Waals surface area contributed by atoms with Crippen LogP contribution >= 0.6 is 0 Å². The predicted molar refractivity (Wildman–Crippen MR) is 49.8 cm³/mol. The summed E-state index contributed by atoms with van der Waals surface area (Å²) in [6.07, 6.45) is 3.17. The van der Waals surface area contributed by atoms with Crippen LogP contribution in [0.2, 0.25) is 0 Å². The SMILES string of the molecule is CCC(C)C(=O)C(C)(N)C1CC1. The molecule has 2 atom stereocenters. The second-order valence-corrected chi connectivity index (χ2v) is 4.23. The van der Waals surface area contributed by atoms with Gasteiger partial charge < -0.3 is 5.73 Å². The number of hydrogen-bond acceptors (Lipinski definition) is 2. The van der Waals surface area contributed by atoms with Gasteiger partial charge in [-0.25, -0.2) is 0 Å². The molecule has 2 N–H and O–H groups in total. The van der Waals surface area contributed by atoms with Gasteiger partial charge in [-0.3, -0.25) is 4.79 Å². The highest BCUT2D eigenvalue weighted by Crippen LogP contribution is 2.39. The third kappa shape index (κ3) is 1.69. The molecule has 12 heavy (non-hydrogen) atoms. The van der Waals surface area contributed by atoms with E-state index in [9.17, 15) is 4.79 Å². The van der Waals surface area contributed by atoms with E-state index >= 15 is 0 Å². The molecule has 0 bridgehead atoms. The average Bonchev–Trinajstić information content (AvgIpc) is 2.83. The third-order valence-corrected chi connectivity index (χ3v) is 3.02. The molecular weight excluding hydrogens is 150 g/mol. The van der Waals surface area contributed by atoms with E-state index in [1.165, 1.54) is 0 Å².